The Morgan fingerprint density at radius 2 is 0.460 bits per heavy atom. The topological polar surface area (TPSA) is 78.4 Å². The first-order valence-electron chi connectivity index (χ1n) is 48.2. The van der Waals surface area contributed by atoms with Gasteiger partial charge in [-0.15, -0.1) is 0 Å². The molecule has 139 heavy (non-hydrogen) atoms. The molecule has 0 spiro atoms. The SMILES string of the molecule is CCn1c2cccc3c2c2c(c4c3c3ccccc3n4-c3ccccc3)n(CC)c3cccc4c3c-2c1c1c4c2ccccc2n1-c1ccccc1.c1ccc(-n2c3cccc4c5ccccc5c5c(c43)-c3c4c(cccc4n5-c4cc5ccccc5o4)c4ccccc4c32)cc1.c1ccc(-n2c3cccc4c5ccncc5c5c(c43)-c3c4c(cccc4n5-c4ccccc4)c4ccncc4c32)cc1. The summed E-state index contributed by atoms with van der Waals surface area (Å²) < 4.78 is 26.8. The molecule has 33 rings (SSSR count). The number of nitrogens with zero attached hydrogens (tertiary/aromatic N) is 10. The Bertz CT molecular complexity index is 10400. The van der Waals surface area contributed by atoms with Gasteiger partial charge in [0.1, 0.15) is 5.58 Å². The first-order chi connectivity index (χ1) is 69.1. The van der Waals surface area contributed by atoms with Crippen LogP contribution in [0.5, 0.6) is 0 Å². The summed E-state index contributed by atoms with van der Waals surface area (Å²) in [6.45, 7) is 6.33. The van der Waals surface area contributed by atoms with Crippen molar-refractivity contribution >= 4 is 229 Å². The van der Waals surface area contributed by atoms with E-state index >= 15 is 0 Å². The molecule has 22 aromatic carbocycles. The number of fused-ring (bicyclic) bond motifs is 23. The predicted octanol–water partition coefficient (Wildman–Crippen LogP) is 33.7. The number of furan rings is 1. The van der Waals surface area contributed by atoms with E-state index in [1.807, 2.05) is 30.9 Å². The van der Waals surface area contributed by atoms with Gasteiger partial charge >= 0.3 is 0 Å². The normalized spacial score (nSPS) is 12.4. The fraction of sp³-hybridized carbons (Fsp3) is 0.0312. The van der Waals surface area contributed by atoms with Gasteiger partial charge in [0.15, 0.2) is 0 Å². The van der Waals surface area contributed by atoms with Crippen molar-refractivity contribution in [1.29, 1.82) is 0 Å². The van der Waals surface area contributed by atoms with E-state index in [1.165, 1.54) is 246 Å². The number of aromatic nitrogens is 10. The van der Waals surface area contributed by atoms with E-state index in [4.69, 9.17) is 4.42 Å². The summed E-state index contributed by atoms with van der Waals surface area (Å²) in [6, 6.07) is 146. The lowest BCUT2D eigenvalue weighted by atomic mass is 9.83. The minimum atomic E-state index is 0.827. The number of aryl methyl sites for hydroxylation is 2. The molecule has 0 radical (unpaired) electrons. The molecule has 0 amide bonds. The second-order valence-electron chi connectivity index (χ2n) is 37.3. The Kier molecular flexibility index (Phi) is 15.7. The summed E-state index contributed by atoms with van der Waals surface area (Å²) in [5, 5.41) is 31.4. The Morgan fingerprint density at radius 1 is 0.194 bits per heavy atom. The summed E-state index contributed by atoms with van der Waals surface area (Å²) in [5.74, 6) is 0.827. The summed E-state index contributed by atoms with van der Waals surface area (Å²) >= 11 is 0. The average Bonchev–Trinajstić information content (AvgIpc) is 1.65. The van der Waals surface area contributed by atoms with E-state index in [1.54, 1.807) is 0 Å². The quantitative estimate of drug-likeness (QED) is 0.112. The molecule has 11 heterocycles. The summed E-state index contributed by atoms with van der Waals surface area (Å²) in [6.07, 6.45) is 7.91. The van der Waals surface area contributed by atoms with E-state index in [2.05, 4.69) is 455 Å². The van der Waals surface area contributed by atoms with Crippen molar-refractivity contribution in [3.63, 3.8) is 0 Å². The second kappa shape index (κ2) is 28.6. The van der Waals surface area contributed by atoms with Crippen molar-refractivity contribution in [3.05, 3.63) is 425 Å². The third kappa shape index (κ3) is 10.0. The molecular formula is C128H80N10O. The number of pyridine rings is 8. The van der Waals surface area contributed by atoms with E-state index in [0.717, 1.165) is 63.3 Å². The van der Waals surface area contributed by atoms with E-state index < -0.39 is 0 Å². The predicted molar refractivity (Wildman–Crippen MR) is 582 cm³/mol. The maximum atomic E-state index is 6.71. The highest BCUT2D eigenvalue weighted by atomic mass is 16.4. The van der Waals surface area contributed by atoms with Crippen LogP contribution in [0.25, 0.3) is 296 Å². The van der Waals surface area contributed by atoms with Crippen LogP contribution in [0.15, 0.2) is 430 Å². The van der Waals surface area contributed by atoms with Gasteiger partial charge in [-0.25, -0.2) is 0 Å². The lowest BCUT2D eigenvalue weighted by Crippen LogP contribution is -2.13. The highest BCUT2D eigenvalue weighted by Crippen LogP contribution is 2.61. The van der Waals surface area contributed by atoms with Crippen molar-refractivity contribution in [2.24, 2.45) is 0 Å². The van der Waals surface area contributed by atoms with Gasteiger partial charge in [-0.3, -0.25) is 14.5 Å². The summed E-state index contributed by atoms with van der Waals surface area (Å²) in [5.41, 5.74) is 34.1. The van der Waals surface area contributed by atoms with Crippen molar-refractivity contribution in [2.45, 2.75) is 26.9 Å². The molecule has 0 aliphatic carbocycles. The van der Waals surface area contributed by atoms with Crippen LogP contribution >= 0.6 is 0 Å². The largest absolute Gasteiger partial charge is 0.440 e. The van der Waals surface area contributed by atoms with Crippen LogP contribution in [0.2, 0.25) is 0 Å². The maximum absolute atomic E-state index is 6.71. The van der Waals surface area contributed by atoms with Crippen LogP contribution in [0.3, 0.4) is 0 Å². The molecular weight excluding hydrogens is 1690 g/mol. The molecule has 11 nitrogen and oxygen atoms in total. The van der Waals surface area contributed by atoms with Gasteiger partial charge in [0.2, 0.25) is 5.88 Å². The van der Waals surface area contributed by atoms with Gasteiger partial charge in [0.25, 0.3) is 0 Å². The lowest BCUT2D eigenvalue weighted by molar-refractivity contribution is 0.589. The molecule has 0 saturated carbocycles. The molecule has 27 aromatic rings. The first kappa shape index (κ1) is 76.1. The minimum Gasteiger partial charge on any atom is -0.440 e. The maximum Gasteiger partial charge on any atom is 0.205 e. The van der Waals surface area contributed by atoms with Gasteiger partial charge < -0.3 is 36.4 Å². The zero-order chi connectivity index (χ0) is 90.8. The van der Waals surface area contributed by atoms with Crippen LogP contribution in [-0.4, -0.2) is 46.5 Å². The van der Waals surface area contributed by atoms with Gasteiger partial charge in [0, 0.05) is 198 Å². The van der Waals surface area contributed by atoms with Crippen LogP contribution in [-0.2, 0) is 13.1 Å². The standard InChI is InChI=1S/C48H34N4.C42H24N2O.C38H22N4/c1-3-49-37-27-15-23-33-40-32-22-12-14-26-36(32)52(30-19-9-6-10-20-30)48(40)46-44(41(33)37)43-42-34(24-16-28-38(42)50(46)4-2)39-31-21-11-13-25-35(31)51(47(39)45(43)49)29-17-7-5-8-18-29;1-2-13-26(14-3-1)43-33-21-10-19-29-28-16-6-8-18-32(28)42-40(37(29)33)39-38-30(27-15-5-7-17-31(27)41(39)43)20-11-22-34(38)44(42)36-24-25-12-4-9-23-35(25)45-36;1-3-9-23(10-4-1)41-31-15-7-13-27-26-18-20-40-22-30(26)38-36(33(27)31)35-34-28(25-17-19-39-21-29(25)37(35)41)14-8-16-32(34)42(38)24-11-5-2-6-12-24/h5-28H,3-4H2,1-2H3;1-24H;1-22H. The number of hydrogen-bond acceptors (Lipinski definition) is 3. The smallest absolute Gasteiger partial charge is 0.205 e. The molecule has 0 atom stereocenters. The van der Waals surface area contributed by atoms with Crippen LogP contribution in [0.1, 0.15) is 13.8 Å². The van der Waals surface area contributed by atoms with E-state index in [0.29, 0.717) is 0 Å². The monoisotopic (exact) mass is 1770 g/mol. The molecule has 0 saturated heterocycles. The van der Waals surface area contributed by atoms with Crippen molar-refractivity contribution in [3.8, 4) is 67.7 Å². The van der Waals surface area contributed by atoms with Crippen molar-refractivity contribution < 1.29 is 4.42 Å². The Morgan fingerprint density at radius 3 is 0.835 bits per heavy atom. The highest BCUT2D eigenvalue weighted by Gasteiger charge is 2.38. The van der Waals surface area contributed by atoms with Gasteiger partial charge in [0.05, 0.1) is 77.2 Å². The van der Waals surface area contributed by atoms with Crippen LogP contribution < -0.4 is 0 Å². The van der Waals surface area contributed by atoms with Crippen LogP contribution in [0, 0.1) is 0 Å². The Labute approximate surface area is 793 Å². The average molecular weight is 1770 g/mol. The first-order valence-corrected chi connectivity index (χ1v) is 48.2. The van der Waals surface area contributed by atoms with Gasteiger partial charge in [-0.2, -0.15) is 0 Å². The number of rotatable bonds is 8. The van der Waals surface area contributed by atoms with E-state index in [-0.39, 0.29) is 0 Å². The molecule has 0 bridgehead atoms. The Hall–Kier alpha value is -18.3. The molecule has 0 fully saturated rings. The third-order valence-corrected chi connectivity index (χ3v) is 30.7. The third-order valence-electron chi connectivity index (χ3n) is 30.7. The molecule has 6 aliphatic rings. The summed E-state index contributed by atoms with van der Waals surface area (Å²) in [7, 11) is 0. The number of benzene rings is 22. The Balaban J connectivity index is 0.0000000969. The molecule has 0 unspecified atom stereocenters. The lowest BCUT2D eigenvalue weighted by Gasteiger charge is -2.31. The van der Waals surface area contributed by atoms with Crippen molar-refractivity contribution in [1.82, 2.24) is 46.5 Å². The number of hydrogen-bond donors (Lipinski definition) is 0. The molecule has 6 aliphatic heterocycles. The zero-order valence-corrected chi connectivity index (χ0v) is 75.7. The minimum absolute atomic E-state index is 0.827. The second-order valence-corrected chi connectivity index (χ2v) is 37.3. The fourth-order valence-electron chi connectivity index (χ4n) is 25.6. The van der Waals surface area contributed by atoms with Crippen LogP contribution in [0.4, 0.5) is 0 Å². The number of para-hydroxylation sites is 8. The molecule has 648 valence electrons. The highest BCUT2D eigenvalue weighted by molar-refractivity contribution is 6.44. The van der Waals surface area contributed by atoms with E-state index in [9.17, 15) is 0 Å². The van der Waals surface area contributed by atoms with Crippen molar-refractivity contribution in [2.75, 3.05) is 0 Å². The van der Waals surface area contributed by atoms with Gasteiger partial charge in [-0.05, 0) is 195 Å². The summed E-state index contributed by atoms with van der Waals surface area (Å²) in [4.78, 5) is 9.33. The zero-order valence-electron chi connectivity index (χ0n) is 75.7. The molecule has 11 heteroatoms. The molecule has 5 aromatic heterocycles. The molecule has 0 N–H and O–H groups in total. The fourth-order valence-corrected chi connectivity index (χ4v) is 25.6. The van der Waals surface area contributed by atoms with Gasteiger partial charge in [-0.1, -0.05) is 267 Å².